The number of carboxylic acids is 1. The van der Waals surface area contributed by atoms with Gasteiger partial charge in [0.15, 0.2) is 12.7 Å². The molecule has 1 rings (SSSR count). The summed E-state index contributed by atoms with van der Waals surface area (Å²) in [5, 5.41) is 15.5. The van der Waals surface area contributed by atoms with E-state index in [1.54, 1.807) is 19.4 Å². The van der Waals surface area contributed by atoms with E-state index in [-0.39, 0.29) is 24.5 Å². The Morgan fingerprint density at radius 2 is 1.84 bits per heavy atom. The fourth-order valence-corrected chi connectivity index (χ4v) is 2.19. The summed E-state index contributed by atoms with van der Waals surface area (Å²) in [6.45, 7) is 8.75. The summed E-state index contributed by atoms with van der Waals surface area (Å²) >= 11 is 0. The van der Waals surface area contributed by atoms with Gasteiger partial charge in [0.25, 0.3) is 5.91 Å². The molecule has 1 amide bonds. The summed E-state index contributed by atoms with van der Waals surface area (Å²) < 4.78 is 43.1. The average molecular weight is 464 g/mol. The number of methoxy groups -OCH3 is 2. The zero-order chi connectivity index (χ0) is 24.9. The summed E-state index contributed by atoms with van der Waals surface area (Å²) in [4.78, 5) is 32.0. The molecule has 0 aliphatic carbocycles. The molecule has 1 aromatic heterocycles. The SMILES string of the molecule is C=C(CCNC(=O)c1cc[n+](CCC(=O)O)nc1)CC(C)(C)OC.COC(=O)C(F)(F)F. The molecule has 0 radical (unpaired) electrons. The van der Waals surface area contributed by atoms with E-state index in [9.17, 15) is 27.6 Å². The van der Waals surface area contributed by atoms with E-state index in [2.05, 4.69) is 21.7 Å². The lowest BCUT2D eigenvalue weighted by molar-refractivity contribution is -0.753. The van der Waals surface area contributed by atoms with Gasteiger partial charge in [-0.25, -0.2) is 4.79 Å². The number of alkyl halides is 3. The minimum atomic E-state index is -4.85. The van der Waals surface area contributed by atoms with E-state index >= 15 is 0 Å². The summed E-state index contributed by atoms with van der Waals surface area (Å²) in [5.41, 5.74) is 1.19. The zero-order valence-electron chi connectivity index (χ0n) is 18.5. The van der Waals surface area contributed by atoms with Gasteiger partial charge in [-0.3, -0.25) is 9.59 Å². The highest BCUT2D eigenvalue weighted by Crippen LogP contribution is 2.19. The fourth-order valence-electron chi connectivity index (χ4n) is 2.19. The van der Waals surface area contributed by atoms with Gasteiger partial charge in [-0.05, 0) is 31.8 Å². The first-order valence-electron chi connectivity index (χ1n) is 9.44. The Hall–Kier alpha value is -3.02. The Morgan fingerprint density at radius 1 is 1.22 bits per heavy atom. The van der Waals surface area contributed by atoms with Crippen molar-refractivity contribution in [3.63, 3.8) is 0 Å². The van der Waals surface area contributed by atoms with Crippen LogP contribution in [0, 0.1) is 0 Å². The highest BCUT2D eigenvalue weighted by atomic mass is 19.4. The van der Waals surface area contributed by atoms with E-state index in [1.165, 1.54) is 10.9 Å². The standard InChI is InChI=1S/C17H25N3O4.C3H3F3O2/c1-13(11-17(2,3)24-4)5-8-18-16(23)14-6-9-20(19-12-14)10-7-15(21)22;1-8-2(7)3(4,5)6/h6,9,12H,1,5,7-8,10-11H2,2-4H3,(H-,18,21,22,23);1H3/p+1. The van der Waals surface area contributed by atoms with Crippen molar-refractivity contribution in [2.45, 2.75) is 51.4 Å². The Balaban J connectivity index is 0.00000102. The summed E-state index contributed by atoms with van der Waals surface area (Å²) in [7, 11) is 2.34. The van der Waals surface area contributed by atoms with Crippen LogP contribution in [0.5, 0.6) is 0 Å². The molecule has 2 N–H and O–H groups in total. The monoisotopic (exact) mass is 464 g/mol. The van der Waals surface area contributed by atoms with Crippen LogP contribution in [0.3, 0.4) is 0 Å². The molecule has 0 atom stereocenters. The third-order valence-corrected chi connectivity index (χ3v) is 4.00. The molecular weight excluding hydrogens is 435 g/mol. The normalized spacial score (nSPS) is 11.1. The van der Waals surface area contributed by atoms with Crippen LogP contribution >= 0.6 is 0 Å². The summed E-state index contributed by atoms with van der Waals surface area (Å²) in [6, 6.07) is 1.62. The van der Waals surface area contributed by atoms with Crippen LogP contribution in [-0.2, 0) is 25.6 Å². The van der Waals surface area contributed by atoms with E-state index in [0.29, 0.717) is 25.6 Å². The van der Waals surface area contributed by atoms with Crippen molar-refractivity contribution in [1.82, 2.24) is 10.4 Å². The number of aryl methyl sites for hydroxylation is 1. The second-order valence-electron chi connectivity index (χ2n) is 7.21. The molecule has 32 heavy (non-hydrogen) atoms. The van der Waals surface area contributed by atoms with Crippen LogP contribution in [0.4, 0.5) is 13.2 Å². The first kappa shape index (κ1) is 29.0. The van der Waals surface area contributed by atoms with E-state index < -0.39 is 18.1 Å². The van der Waals surface area contributed by atoms with Gasteiger partial charge < -0.3 is 19.9 Å². The predicted octanol–water partition coefficient (Wildman–Crippen LogP) is 2.06. The third kappa shape index (κ3) is 12.6. The zero-order valence-corrected chi connectivity index (χ0v) is 18.5. The molecular formula is C20H29F3N3O6+. The molecule has 180 valence electrons. The minimum Gasteiger partial charge on any atom is -0.481 e. The Bertz CT molecular complexity index is 780. The molecule has 9 nitrogen and oxygen atoms in total. The fraction of sp³-hybridized carbons (Fsp3) is 0.550. The smallest absolute Gasteiger partial charge is 0.481 e. The van der Waals surface area contributed by atoms with E-state index in [0.717, 1.165) is 12.0 Å². The van der Waals surface area contributed by atoms with E-state index in [4.69, 9.17) is 9.84 Å². The molecule has 0 aliphatic rings. The number of hydrogen-bond acceptors (Lipinski definition) is 6. The molecule has 0 aromatic carbocycles. The number of nitrogens with one attached hydrogen (secondary N) is 1. The summed E-state index contributed by atoms with van der Waals surface area (Å²) in [6.07, 6.45) is -0.428. The number of nitrogens with zero attached hydrogens (tertiary/aromatic N) is 2. The van der Waals surface area contributed by atoms with Gasteiger partial charge in [0.1, 0.15) is 12.6 Å². The predicted molar refractivity (Wildman–Crippen MR) is 107 cm³/mol. The first-order valence-corrected chi connectivity index (χ1v) is 9.44. The largest absolute Gasteiger partial charge is 0.490 e. The van der Waals surface area contributed by atoms with Crippen molar-refractivity contribution >= 4 is 17.8 Å². The van der Waals surface area contributed by atoms with E-state index in [1.807, 2.05) is 13.8 Å². The van der Waals surface area contributed by atoms with Crippen LogP contribution in [0.2, 0.25) is 0 Å². The summed E-state index contributed by atoms with van der Waals surface area (Å²) in [5.74, 6) is -3.27. The molecule has 0 spiro atoms. The molecule has 0 saturated heterocycles. The molecule has 0 aliphatic heterocycles. The number of carbonyl (C=O) groups is 3. The number of carbonyl (C=O) groups excluding carboxylic acids is 2. The van der Waals surface area contributed by atoms with Crippen LogP contribution in [0.25, 0.3) is 0 Å². The number of esters is 1. The van der Waals surface area contributed by atoms with Crippen molar-refractivity contribution in [1.29, 1.82) is 0 Å². The number of aliphatic carboxylic acids is 1. The quantitative estimate of drug-likeness (QED) is 0.309. The highest BCUT2D eigenvalue weighted by molar-refractivity contribution is 5.93. The molecule has 0 saturated carbocycles. The van der Waals surface area contributed by atoms with Gasteiger partial charge in [-0.15, -0.1) is 0 Å². The number of ether oxygens (including phenoxy) is 2. The van der Waals surface area contributed by atoms with Crippen LogP contribution in [0.15, 0.2) is 30.6 Å². The topological polar surface area (TPSA) is 119 Å². The van der Waals surface area contributed by atoms with Crippen molar-refractivity contribution < 1.29 is 46.8 Å². The van der Waals surface area contributed by atoms with Crippen molar-refractivity contribution in [3.8, 4) is 0 Å². The number of halogens is 3. The maximum Gasteiger partial charge on any atom is 0.490 e. The highest BCUT2D eigenvalue weighted by Gasteiger charge is 2.40. The van der Waals surface area contributed by atoms with Gasteiger partial charge in [-0.1, -0.05) is 16.8 Å². The number of hydrogen-bond donors (Lipinski definition) is 2. The Kier molecular flexibility index (Phi) is 12.1. The van der Waals surface area contributed by atoms with Gasteiger partial charge in [0.2, 0.25) is 0 Å². The molecule has 12 heteroatoms. The number of amides is 1. The number of rotatable bonds is 10. The van der Waals surface area contributed by atoms with Gasteiger partial charge in [0, 0.05) is 19.7 Å². The Labute approximate surface area is 184 Å². The maximum atomic E-state index is 12.0. The van der Waals surface area contributed by atoms with Crippen LogP contribution in [0.1, 0.15) is 43.5 Å². The van der Waals surface area contributed by atoms with Gasteiger partial charge in [-0.2, -0.15) is 13.2 Å². The lowest BCUT2D eigenvalue weighted by Crippen LogP contribution is -2.39. The van der Waals surface area contributed by atoms with Crippen LogP contribution in [-0.4, -0.2) is 60.6 Å². The lowest BCUT2D eigenvalue weighted by atomic mass is 9.97. The lowest BCUT2D eigenvalue weighted by Gasteiger charge is -2.24. The molecule has 0 fully saturated rings. The van der Waals surface area contributed by atoms with Crippen molar-refractivity contribution in [2.24, 2.45) is 0 Å². The molecule has 0 bridgehead atoms. The third-order valence-electron chi connectivity index (χ3n) is 4.00. The average Bonchev–Trinajstić information content (AvgIpc) is 2.71. The molecule has 0 unspecified atom stereocenters. The molecule has 1 aromatic rings. The minimum absolute atomic E-state index is 0.0108. The maximum absolute atomic E-state index is 12.0. The number of carboxylic acid groups (broad SMARTS) is 1. The second kappa shape index (κ2) is 13.4. The second-order valence-corrected chi connectivity index (χ2v) is 7.21. The van der Waals surface area contributed by atoms with Crippen molar-refractivity contribution in [2.75, 3.05) is 20.8 Å². The van der Waals surface area contributed by atoms with Gasteiger partial charge >= 0.3 is 18.1 Å². The first-order chi connectivity index (χ1) is 14.7. The van der Waals surface area contributed by atoms with Gasteiger partial charge in [0.05, 0.1) is 18.3 Å². The van der Waals surface area contributed by atoms with Crippen molar-refractivity contribution in [3.05, 3.63) is 36.2 Å². The number of aromatic nitrogens is 2. The molecule has 1 heterocycles. The van der Waals surface area contributed by atoms with Crippen LogP contribution < -0.4 is 10.00 Å². The Morgan fingerprint density at radius 3 is 2.25 bits per heavy atom.